The van der Waals surface area contributed by atoms with E-state index < -0.39 is 52.2 Å². The summed E-state index contributed by atoms with van der Waals surface area (Å²) in [5, 5.41) is 11.0. The number of β-lactam (4-membered cyclic amide) rings is 1. The monoisotopic (exact) mass is 402 g/mol. The predicted octanol–water partition coefficient (Wildman–Crippen LogP) is 1.34. The molecule has 1 saturated heterocycles. The van der Waals surface area contributed by atoms with Gasteiger partial charge < -0.3 is 10.4 Å². The topological polar surface area (TPSA) is 86.7 Å². The highest BCUT2D eigenvalue weighted by molar-refractivity contribution is 8.01. The molecular weight excluding hydrogens is 389 g/mol. The van der Waals surface area contributed by atoms with Crippen LogP contribution in [0.5, 0.6) is 0 Å². The van der Waals surface area contributed by atoms with Gasteiger partial charge in [0.1, 0.15) is 17.1 Å². The number of hydrogen-bond donors (Lipinski definition) is 2. The molecule has 134 valence electrons. The number of nitrogens with zero attached hydrogens (tertiary/aromatic N) is 1. The molecule has 0 radical (unpaired) electrons. The average Bonchev–Trinajstić information content (AvgIpc) is 2.49. The van der Waals surface area contributed by atoms with Crippen molar-refractivity contribution in [1.82, 2.24) is 10.2 Å². The van der Waals surface area contributed by atoms with E-state index in [1.165, 1.54) is 23.5 Å². The van der Waals surface area contributed by atoms with Crippen molar-refractivity contribution in [2.24, 2.45) is 0 Å². The van der Waals surface area contributed by atoms with E-state index >= 15 is 0 Å². The van der Waals surface area contributed by atoms with Crippen LogP contribution in [0.1, 0.15) is 0 Å². The van der Waals surface area contributed by atoms with Crippen molar-refractivity contribution in [3.63, 3.8) is 0 Å². The normalized spacial score (nSPS) is 23.7. The Morgan fingerprint density at radius 2 is 2.12 bits per heavy atom. The number of carboxylic acid groups (broad SMARTS) is 1. The number of alkyl halides is 3. The van der Waals surface area contributed by atoms with Gasteiger partial charge in [0.25, 0.3) is 5.91 Å². The van der Waals surface area contributed by atoms with E-state index in [4.69, 9.17) is 0 Å². The Kier molecular flexibility index (Phi) is 6.02. The van der Waals surface area contributed by atoms with Gasteiger partial charge in [-0.25, -0.2) is 4.79 Å². The van der Waals surface area contributed by atoms with E-state index in [9.17, 15) is 32.7 Å². The molecule has 2 aliphatic rings. The van der Waals surface area contributed by atoms with E-state index in [2.05, 4.69) is 5.32 Å². The first kappa shape index (κ1) is 19.3. The highest BCUT2D eigenvalue weighted by Gasteiger charge is 2.54. The number of carbonyl (C=O) groups excluding carboxylic acids is 2. The van der Waals surface area contributed by atoms with Gasteiger partial charge in [-0.2, -0.15) is 24.9 Å². The number of carbonyl (C=O) groups is 3. The van der Waals surface area contributed by atoms with Gasteiger partial charge in [-0.1, -0.05) is 0 Å². The van der Waals surface area contributed by atoms with Crippen LogP contribution in [0.4, 0.5) is 13.2 Å². The maximum absolute atomic E-state index is 12.2. The zero-order chi connectivity index (χ0) is 18.1. The summed E-state index contributed by atoms with van der Waals surface area (Å²) in [7, 11) is 0. The third-order valence-electron chi connectivity index (χ3n) is 3.25. The van der Waals surface area contributed by atoms with Crippen LogP contribution in [0, 0.1) is 0 Å². The quantitative estimate of drug-likeness (QED) is 0.649. The lowest BCUT2D eigenvalue weighted by molar-refractivity contribution is -0.150. The third-order valence-corrected chi connectivity index (χ3v) is 5.96. The second-order valence-corrected chi connectivity index (χ2v) is 7.89. The van der Waals surface area contributed by atoms with Crippen LogP contribution >= 0.6 is 35.3 Å². The number of hydrogen-bond acceptors (Lipinski definition) is 6. The molecule has 2 amide bonds. The molecule has 0 bridgehead atoms. The van der Waals surface area contributed by atoms with Gasteiger partial charge in [0, 0.05) is 11.5 Å². The van der Waals surface area contributed by atoms with Crippen molar-refractivity contribution in [3.05, 3.63) is 11.3 Å². The van der Waals surface area contributed by atoms with Gasteiger partial charge in [-0.3, -0.25) is 14.5 Å². The number of halogens is 3. The minimum Gasteiger partial charge on any atom is -0.477 e. The Balaban J connectivity index is 2.04. The van der Waals surface area contributed by atoms with E-state index in [-0.39, 0.29) is 5.70 Å². The Morgan fingerprint density at radius 1 is 1.46 bits per heavy atom. The molecule has 1 fully saturated rings. The summed E-state index contributed by atoms with van der Waals surface area (Å²) in [5.41, 5.74) is -4.01. The minimum absolute atomic E-state index is 0.0896. The fraction of sp³-hybridized carbons (Fsp3) is 0.583. The lowest BCUT2D eigenvalue weighted by Crippen LogP contribution is -2.70. The van der Waals surface area contributed by atoms with Crippen molar-refractivity contribution < 1.29 is 32.7 Å². The SMILES string of the molecule is CSCC1=C(C(=O)O)N2C(=O)C(NC(=O)CSC(F)(F)F)[C@@H]2SC1. The molecule has 2 N–H and O–H groups in total. The fourth-order valence-electron chi connectivity index (χ4n) is 2.33. The van der Waals surface area contributed by atoms with Crippen LogP contribution in [-0.2, 0) is 14.4 Å². The molecule has 0 aromatic rings. The smallest absolute Gasteiger partial charge is 0.442 e. The average molecular weight is 402 g/mol. The molecule has 0 spiro atoms. The first-order valence-electron chi connectivity index (χ1n) is 6.54. The number of carboxylic acids is 1. The van der Waals surface area contributed by atoms with Gasteiger partial charge in [0.2, 0.25) is 5.91 Å². The first-order chi connectivity index (χ1) is 11.2. The second-order valence-electron chi connectivity index (χ2n) is 4.88. The Bertz CT molecular complexity index is 597. The van der Waals surface area contributed by atoms with Crippen molar-refractivity contribution in [1.29, 1.82) is 0 Å². The lowest BCUT2D eigenvalue weighted by Gasteiger charge is -2.49. The van der Waals surface area contributed by atoms with Crippen LogP contribution < -0.4 is 5.32 Å². The molecule has 2 atom stereocenters. The Labute approximate surface area is 148 Å². The van der Waals surface area contributed by atoms with E-state index in [1.807, 2.05) is 6.26 Å². The van der Waals surface area contributed by atoms with Crippen LogP contribution in [0.25, 0.3) is 0 Å². The number of aliphatic carboxylic acids is 1. The number of fused-ring (bicyclic) bond motifs is 1. The summed E-state index contributed by atoms with van der Waals surface area (Å²) in [4.78, 5) is 36.2. The number of amides is 2. The summed E-state index contributed by atoms with van der Waals surface area (Å²) in [6.45, 7) is 0. The van der Waals surface area contributed by atoms with Gasteiger partial charge in [0.05, 0.1) is 5.75 Å². The molecular formula is C12H13F3N2O4S3. The summed E-state index contributed by atoms with van der Waals surface area (Å²) < 4.78 is 36.2. The maximum Gasteiger partial charge on any atom is 0.442 e. The number of rotatable bonds is 6. The zero-order valence-corrected chi connectivity index (χ0v) is 14.7. The van der Waals surface area contributed by atoms with E-state index in [0.29, 0.717) is 17.1 Å². The lowest BCUT2D eigenvalue weighted by atomic mass is 10.0. The van der Waals surface area contributed by atoms with Gasteiger partial charge in [0.15, 0.2) is 0 Å². The molecule has 2 aliphatic heterocycles. The number of thioether (sulfide) groups is 3. The summed E-state index contributed by atoms with van der Waals surface area (Å²) in [5.74, 6) is -2.75. The standard InChI is InChI=1S/C12H13F3N2O4S3/c1-22-2-5-3-23-10-7(9(19)17(10)8(5)11(20)21)16-6(18)4-24-12(13,14)15/h7,10H,2-4H2,1H3,(H,16,18)(H,20,21)/t7?,10-/m0/s1. The van der Waals surface area contributed by atoms with Crippen molar-refractivity contribution in [3.8, 4) is 0 Å². The van der Waals surface area contributed by atoms with Crippen molar-refractivity contribution in [2.75, 3.05) is 23.5 Å². The van der Waals surface area contributed by atoms with Gasteiger partial charge >= 0.3 is 11.5 Å². The van der Waals surface area contributed by atoms with Gasteiger partial charge in [-0.05, 0) is 23.6 Å². The third kappa shape index (κ3) is 4.14. The van der Waals surface area contributed by atoms with E-state index in [1.54, 1.807) is 0 Å². The molecule has 0 aromatic carbocycles. The molecule has 0 aromatic heterocycles. The highest BCUT2D eigenvalue weighted by atomic mass is 32.2. The second kappa shape index (κ2) is 7.48. The fourth-order valence-corrected chi connectivity index (χ4v) is 4.77. The molecule has 2 heterocycles. The zero-order valence-electron chi connectivity index (χ0n) is 12.3. The van der Waals surface area contributed by atoms with Gasteiger partial charge in [-0.15, -0.1) is 11.8 Å². The van der Waals surface area contributed by atoms with Crippen LogP contribution in [0.2, 0.25) is 0 Å². The van der Waals surface area contributed by atoms with Crippen LogP contribution in [-0.4, -0.2) is 68.2 Å². The summed E-state index contributed by atoms with van der Waals surface area (Å²) in [6.07, 6.45) is 1.81. The molecule has 24 heavy (non-hydrogen) atoms. The molecule has 2 rings (SSSR count). The largest absolute Gasteiger partial charge is 0.477 e. The Hall–Kier alpha value is -1.01. The van der Waals surface area contributed by atoms with Crippen molar-refractivity contribution >= 4 is 53.1 Å². The Morgan fingerprint density at radius 3 is 2.67 bits per heavy atom. The highest BCUT2D eigenvalue weighted by Crippen LogP contribution is 2.41. The molecule has 0 aliphatic carbocycles. The van der Waals surface area contributed by atoms with Crippen LogP contribution in [0.15, 0.2) is 11.3 Å². The van der Waals surface area contributed by atoms with Crippen LogP contribution in [0.3, 0.4) is 0 Å². The van der Waals surface area contributed by atoms with E-state index in [0.717, 1.165) is 4.90 Å². The first-order valence-corrected chi connectivity index (χ1v) is 9.97. The molecule has 12 heteroatoms. The summed E-state index contributed by atoms with van der Waals surface area (Å²) >= 11 is 2.22. The minimum atomic E-state index is -4.53. The predicted molar refractivity (Wildman–Crippen MR) is 86.6 cm³/mol. The molecule has 6 nitrogen and oxygen atoms in total. The molecule has 0 saturated carbocycles. The number of nitrogens with one attached hydrogen (secondary N) is 1. The summed E-state index contributed by atoms with van der Waals surface area (Å²) in [6, 6.07) is -0.999. The van der Waals surface area contributed by atoms with Crippen molar-refractivity contribution in [2.45, 2.75) is 16.9 Å². The molecule has 1 unspecified atom stereocenters. The maximum atomic E-state index is 12.2.